The number of rotatable bonds is 6. The Morgan fingerprint density at radius 1 is 1.07 bits per heavy atom. The molecular weight excluding hydrogens is 384 g/mol. The third kappa shape index (κ3) is 4.82. The minimum atomic E-state index is -3.88. The summed E-state index contributed by atoms with van der Waals surface area (Å²) in [5.74, 6) is -0.299. The van der Waals surface area contributed by atoms with Crippen molar-refractivity contribution >= 4 is 33.2 Å². The van der Waals surface area contributed by atoms with Crippen LogP contribution in [0.4, 0.5) is 5.69 Å². The van der Waals surface area contributed by atoms with Crippen LogP contribution in [0.2, 0.25) is 5.02 Å². The van der Waals surface area contributed by atoms with Crippen LogP contribution in [0.1, 0.15) is 31.2 Å². The van der Waals surface area contributed by atoms with Gasteiger partial charge in [-0.2, -0.15) is 0 Å². The van der Waals surface area contributed by atoms with Crippen molar-refractivity contribution in [2.75, 3.05) is 10.8 Å². The molecule has 0 atom stereocenters. The van der Waals surface area contributed by atoms with Gasteiger partial charge in [0.05, 0.1) is 10.6 Å². The molecule has 0 bridgehead atoms. The number of sulfonamides is 1. The topological polar surface area (TPSA) is 66.5 Å². The van der Waals surface area contributed by atoms with Crippen LogP contribution in [0.3, 0.4) is 0 Å². The molecule has 144 valence electrons. The largest absolute Gasteiger partial charge is 0.352 e. The molecule has 1 N–H and O–H groups in total. The van der Waals surface area contributed by atoms with Gasteiger partial charge >= 0.3 is 0 Å². The minimum absolute atomic E-state index is 0.131. The highest BCUT2D eigenvalue weighted by Gasteiger charge is 2.28. The summed E-state index contributed by atoms with van der Waals surface area (Å²) >= 11 is 5.94. The molecule has 1 amide bonds. The molecular formula is C20H23ClN2O3S. The summed E-state index contributed by atoms with van der Waals surface area (Å²) < 4.78 is 27.6. The van der Waals surface area contributed by atoms with E-state index in [0.717, 1.165) is 35.6 Å². The maximum Gasteiger partial charge on any atom is 0.264 e. The monoisotopic (exact) mass is 406 g/mol. The zero-order valence-electron chi connectivity index (χ0n) is 15.2. The van der Waals surface area contributed by atoms with E-state index in [1.165, 1.54) is 0 Å². The Balaban J connectivity index is 1.90. The van der Waals surface area contributed by atoms with Crippen molar-refractivity contribution in [3.8, 4) is 0 Å². The Labute approximate surface area is 165 Å². The van der Waals surface area contributed by atoms with Crippen molar-refractivity contribution in [2.45, 2.75) is 43.5 Å². The highest BCUT2D eigenvalue weighted by Crippen LogP contribution is 2.25. The minimum Gasteiger partial charge on any atom is -0.352 e. The number of nitrogens with one attached hydrogen (secondary N) is 1. The highest BCUT2D eigenvalue weighted by molar-refractivity contribution is 7.92. The molecule has 0 heterocycles. The van der Waals surface area contributed by atoms with Gasteiger partial charge in [0.1, 0.15) is 6.54 Å². The van der Waals surface area contributed by atoms with Gasteiger partial charge < -0.3 is 5.32 Å². The van der Waals surface area contributed by atoms with Gasteiger partial charge in [-0.15, -0.1) is 0 Å². The molecule has 0 saturated heterocycles. The normalized spacial score (nSPS) is 14.9. The van der Waals surface area contributed by atoms with E-state index < -0.39 is 10.0 Å². The molecule has 2 aromatic rings. The van der Waals surface area contributed by atoms with Crippen LogP contribution >= 0.6 is 11.6 Å². The predicted molar refractivity (Wildman–Crippen MR) is 108 cm³/mol. The molecule has 5 nitrogen and oxygen atoms in total. The summed E-state index contributed by atoms with van der Waals surface area (Å²) in [5.41, 5.74) is 1.37. The van der Waals surface area contributed by atoms with Gasteiger partial charge in [-0.1, -0.05) is 42.1 Å². The molecule has 0 unspecified atom stereocenters. The van der Waals surface area contributed by atoms with Gasteiger partial charge in [0.15, 0.2) is 0 Å². The average Bonchev–Trinajstić information content (AvgIpc) is 3.14. The first kappa shape index (κ1) is 19.7. The van der Waals surface area contributed by atoms with E-state index in [2.05, 4.69) is 5.32 Å². The van der Waals surface area contributed by atoms with Gasteiger partial charge in [0.25, 0.3) is 10.0 Å². The molecule has 0 spiro atoms. The molecule has 1 aliphatic carbocycles. The summed E-state index contributed by atoms with van der Waals surface area (Å²) in [7, 11) is -3.88. The van der Waals surface area contributed by atoms with Crippen molar-refractivity contribution in [2.24, 2.45) is 0 Å². The van der Waals surface area contributed by atoms with Gasteiger partial charge in [-0.05, 0) is 56.2 Å². The molecule has 1 aliphatic rings. The van der Waals surface area contributed by atoms with Crippen LogP contribution in [0.15, 0.2) is 53.4 Å². The number of halogens is 1. The van der Waals surface area contributed by atoms with Crippen molar-refractivity contribution in [1.82, 2.24) is 5.32 Å². The van der Waals surface area contributed by atoms with Crippen LogP contribution < -0.4 is 9.62 Å². The maximum atomic E-state index is 13.2. The van der Waals surface area contributed by atoms with Crippen LogP contribution in [0, 0.1) is 6.92 Å². The Bertz CT molecular complexity index is 890. The van der Waals surface area contributed by atoms with Gasteiger partial charge in [-0.3, -0.25) is 9.10 Å². The summed E-state index contributed by atoms with van der Waals surface area (Å²) in [6.45, 7) is 1.62. The van der Waals surface area contributed by atoms with E-state index in [9.17, 15) is 13.2 Å². The first-order chi connectivity index (χ1) is 12.9. The van der Waals surface area contributed by atoms with E-state index in [1.807, 2.05) is 6.92 Å². The van der Waals surface area contributed by atoms with E-state index in [0.29, 0.717) is 10.7 Å². The number of benzene rings is 2. The lowest BCUT2D eigenvalue weighted by Gasteiger charge is -2.25. The summed E-state index contributed by atoms with van der Waals surface area (Å²) in [6, 6.07) is 13.2. The SMILES string of the molecule is Cc1ccc(S(=O)(=O)N(CC(=O)NC2CCCC2)c2ccc(Cl)cc2)cc1. The van der Waals surface area contributed by atoms with E-state index in [1.54, 1.807) is 48.5 Å². The molecule has 3 rings (SSSR count). The van der Waals surface area contributed by atoms with Crippen molar-refractivity contribution < 1.29 is 13.2 Å². The molecule has 7 heteroatoms. The second kappa shape index (κ2) is 8.31. The number of anilines is 1. The molecule has 1 saturated carbocycles. The number of hydrogen-bond acceptors (Lipinski definition) is 3. The standard InChI is InChI=1S/C20H23ClN2O3S/c1-15-6-12-19(13-7-15)27(25,26)23(18-10-8-16(21)9-11-18)14-20(24)22-17-4-2-3-5-17/h6-13,17H,2-5,14H2,1H3,(H,22,24). The Kier molecular flexibility index (Phi) is 6.07. The third-order valence-electron chi connectivity index (χ3n) is 4.73. The summed E-state index contributed by atoms with van der Waals surface area (Å²) in [6.07, 6.45) is 4.07. The second-order valence-corrected chi connectivity index (χ2v) is 9.15. The summed E-state index contributed by atoms with van der Waals surface area (Å²) in [4.78, 5) is 12.7. The maximum absolute atomic E-state index is 13.2. The van der Waals surface area contributed by atoms with Crippen LogP contribution in [-0.2, 0) is 14.8 Å². The zero-order chi connectivity index (χ0) is 19.4. The number of hydrogen-bond donors (Lipinski definition) is 1. The van der Waals surface area contributed by atoms with Crippen LogP contribution in [0.25, 0.3) is 0 Å². The average molecular weight is 407 g/mol. The van der Waals surface area contributed by atoms with Crippen molar-refractivity contribution in [3.63, 3.8) is 0 Å². The molecule has 27 heavy (non-hydrogen) atoms. The highest BCUT2D eigenvalue weighted by atomic mass is 35.5. The fourth-order valence-electron chi connectivity index (χ4n) is 3.23. The summed E-state index contributed by atoms with van der Waals surface area (Å²) in [5, 5.41) is 3.45. The fraction of sp³-hybridized carbons (Fsp3) is 0.350. The smallest absolute Gasteiger partial charge is 0.264 e. The number of amides is 1. The molecule has 1 fully saturated rings. The van der Waals surface area contributed by atoms with Crippen LogP contribution in [-0.4, -0.2) is 26.9 Å². The number of aryl methyl sites for hydroxylation is 1. The molecule has 0 aromatic heterocycles. The molecule has 0 radical (unpaired) electrons. The van der Waals surface area contributed by atoms with E-state index >= 15 is 0 Å². The quantitative estimate of drug-likeness (QED) is 0.791. The Hall–Kier alpha value is -2.05. The lowest BCUT2D eigenvalue weighted by molar-refractivity contribution is -0.120. The van der Waals surface area contributed by atoms with Crippen molar-refractivity contribution in [1.29, 1.82) is 0 Å². The number of nitrogens with zero attached hydrogens (tertiary/aromatic N) is 1. The van der Waals surface area contributed by atoms with Gasteiger partial charge in [0, 0.05) is 11.1 Å². The first-order valence-electron chi connectivity index (χ1n) is 9.00. The lowest BCUT2D eigenvalue weighted by atomic mass is 10.2. The van der Waals surface area contributed by atoms with Gasteiger partial charge in [-0.25, -0.2) is 8.42 Å². The lowest BCUT2D eigenvalue weighted by Crippen LogP contribution is -2.43. The van der Waals surface area contributed by atoms with Crippen molar-refractivity contribution in [3.05, 3.63) is 59.1 Å². The van der Waals surface area contributed by atoms with Crippen LogP contribution in [0.5, 0.6) is 0 Å². The first-order valence-corrected chi connectivity index (χ1v) is 10.8. The number of carbonyl (C=O) groups is 1. The third-order valence-corrected chi connectivity index (χ3v) is 6.77. The predicted octanol–water partition coefficient (Wildman–Crippen LogP) is 3.90. The van der Waals surface area contributed by atoms with E-state index in [4.69, 9.17) is 11.6 Å². The Morgan fingerprint density at radius 2 is 1.67 bits per heavy atom. The fourth-order valence-corrected chi connectivity index (χ4v) is 4.78. The number of carbonyl (C=O) groups excluding carboxylic acids is 1. The zero-order valence-corrected chi connectivity index (χ0v) is 16.8. The van der Waals surface area contributed by atoms with Gasteiger partial charge in [0.2, 0.25) is 5.91 Å². The molecule has 0 aliphatic heterocycles. The molecule has 2 aromatic carbocycles. The van der Waals surface area contributed by atoms with E-state index in [-0.39, 0.29) is 23.4 Å². The second-order valence-electron chi connectivity index (χ2n) is 6.85. The Morgan fingerprint density at radius 3 is 2.26 bits per heavy atom.